The number of anilines is 3. The molecule has 0 aliphatic rings. The molecule has 1 heterocycles. The van der Waals surface area contributed by atoms with Gasteiger partial charge in [0.1, 0.15) is 11.6 Å². The molecule has 0 spiro atoms. The van der Waals surface area contributed by atoms with E-state index in [9.17, 15) is 4.39 Å². The standard InChI is InChI=1S/C14H10BrFN4/c15-9-5-3-6-10(16)12(9)19-13-8-4-1-2-7-11(8)18-14(17)20-13/h1-7H,(H3,17,18,19,20). The van der Waals surface area contributed by atoms with Crippen LogP contribution in [0.4, 0.5) is 21.8 Å². The number of halogens is 2. The van der Waals surface area contributed by atoms with Crippen molar-refractivity contribution in [2.45, 2.75) is 0 Å². The Bertz CT molecular complexity index is 771. The third kappa shape index (κ3) is 2.30. The molecule has 0 radical (unpaired) electrons. The lowest BCUT2D eigenvalue weighted by Crippen LogP contribution is -2.02. The first kappa shape index (κ1) is 12.8. The number of nitrogens with zero attached hydrogens (tertiary/aromatic N) is 2. The van der Waals surface area contributed by atoms with E-state index in [1.807, 2.05) is 24.3 Å². The van der Waals surface area contributed by atoms with Crippen LogP contribution in [-0.2, 0) is 0 Å². The second-order valence-electron chi connectivity index (χ2n) is 4.17. The van der Waals surface area contributed by atoms with Crippen molar-refractivity contribution in [2.75, 3.05) is 11.1 Å². The summed E-state index contributed by atoms with van der Waals surface area (Å²) in [7, 11) is 0. The molecular weight excluding hydrogens is 323 g/mol. The molecule has 1 aromatic heterocycles. The maximum absolute atomic E-state index is 13.9. The number of para-hydroxylation sites is 2. The Balaban J connectivity index is 2.16. The Morgan fingerprint density at radius 1 is 1.05 bits per heavy atom. The van der Waals surface area contributed by atoms with E-state index in [2.05, 4.69) is 31.2 Å². The minimum absolute atomic E-state index is 0.138. The van der Waals surface area contributed by atoms with Gasteiger partial charge in [-0.3, -0.25) is 0 Å². The van der Waals surface area contributed by atoms with Crippen molar-refractivity contribution < 1.29 is 4.39 Å². The van der Waals surface area contributed by atoms with Gasteiger partial charge in [0.25, 0.3) is 0 Å². The summed E-state index contributed by atoms with van der Waals surface area (Å²) in [5, 5.41) is 3.75. The van der Waals surface area contributed by atoms with Crippen molar-refractivity contribution in [3.63, 3.8) is 0 Å². The number of benzene rings is 2. The highest BCUT2D eigenvalue weighted by molar-refractivity contribution is 9.10. The molecule has 0 bridgehead atoms. The highest BCUT2D eigenvalue weighted by atomic mass is 79.9. The predicted molar refractivity (Wildman–Crippen MR) is 81.3 cm³/mol. The molecule has 2 aromatic carbocycles. The first-order valence-corrected chi connectivity index (χ1v) is 6.68. The van der Waals surface area contributed by atoms with Gasteiger partial charge in [-0.25, -0.2) is 9.37 Å². The molecule has 4 nitrogen and oxygen atoms in total. The molecule has 6 heteroatoms. The SMILES string of the molecule is Nc1nc(Nc2c(F)cccc2Br)c2ccccc2n1. The van der Waals surface area contributed by atoms with E-state index in [1.165, 1.54) is 6.07 Å². The quantitative estimate of drug-likeness (QED) is 0.748. The van der Waals surface area contributed by atoms with E-state index < -0.39 is 0 Å². The van der Waals surface area contributed by atoms with E-state index in [0.29, 0.717) is 21.5 Å². The fourth-order valence-corrected chi connectivity index (χ4v) is 2.37. The molecule has 0 unspecified atom stereocenters. The Kier molecular flexibility index (Phi) is 3.23. The Hall–Kier alpha value is -2.21. The van der Waals surface area contributed by atoms with Crippen molar-refractivity contribution >= 4 is 44.3 Å². The average molecular weight is 333 g/mol. The molecule has 20 heavy (non-hydrogen) atoms. The van der Waals surface area contributed by atoms with Crippen LogP contribution in [0.2, 0.25) is 0 Å². The highest BCUT2D eigenvalue weighted by Crippen LogP contribution is 2.30. The van der Waals surface area contributed by atoms with Crippen LogP contribution in [0.15, 0.2) is 46.9 Å². The number of nitrogens with one attached hydrogen (secondary N) is 1. The number of fused-ring (bicyclic) bond motifs is 1. The topological polar surface area (TPSA) is 63.8 Å². The summed E-state index contributed by atoms with van der Waals surface area (Å²) in [6.07, 6.45) is 0. The first-order chi connectivity index (χ1) is 9.65. The van der Waals surface area contributed by atoms with Gasteiger partial charge in [0.2, 0.25) is 5.95 Å². The summed E-state index contributed by atoms with van der Waals surface area (Å²) < 4.78 is 14.5. The fraction of sp³-hybridized carbons (Fsp3) is 0. The van der Waals surface area contributed by atoms with E-state index in [1.54, 1.807) is 12.1 Å². The Labute approximate surface area is 123 Å². The molecule has 0 saturated carbocycles. The van der Waals surface area contributed by atoms with Crippen molar-refractivity contribution in [3.8, 4) is 0 Å². The molecule has 100 valence electrons. The van der Waals surface area contributed by atoms with Crippen LogP contribution in [0.5, 0.6) is 0 Å². The van der Waals surface area contributed by atoms with Crippen LogP contribution in [0.3, 0.4) is 0 Å². The summed E-state index contributed by atoms with van der Waals surface area (Å²) in [6, 6.07) is 12.1. The summed E-state index contributed by atoms with van der Waals surface area (Å²) in [5.74, 6) is 0.234. The minimum atomic E-state index is -0.374. The number of hydrogen-bond acceptors (Lipinski definition) is 4. The van der Waals surface area contributed by atoms with Gasteiger partial charge in [-0.15, -0.1) is 0 Å². The third-order valence-corrected chi connectivity index (χ3v) is 3.49. The van der Waals surface area contributed by atoms with Crippen LogP contribution in [0, 0.1) is 5.82 Å². The van der Waals surface area contributed by atoms with E-state index >= 15 is 0 Å². The van der Waals surface area contributed by atoms with Gasteiger partial charge in [0.05, 0.1) is 11.2 Å². The minimum Gasteiger partial charge on any atom is -0.368 e. The van der Waals surface area contributed by atoms with E-state index in [0.717, 1.165) is 5.39 Å². The number of rotatable bonds is 2. The highest BCUT2D eigenvalue weighted by Gasteiger charge is 2.11. The van der Waals surface area contributed by atoms with Gasteiger partial charge >= 0.3 is 0 Å². The molecule has 0 amide bonds. The molecule has 0 atom stereocenters. The second-order valence-corrected chi connectivity index (χ2v) is 5.02. The maximum Gasteiger partial charge on any atom is 0.222 e. The van der Waals surface area contributed by atoms with Crippen molar-refractivity contribution in [2.24, 2.45) is 0 Å². The molecule has 0 saturated heterocycles. The van der Waals surface area contributed by atoms with Gasteiger partial charge in [-0.2, -0.15) is 4.98 Å². The summed E-state index contributed by atoms with van der Waals surface area (Å²) in [6.45, 7) is 0. The number of nitrogens with two attached hydrogens (primary N) is 1. The normalized spacial score (nSPS) is 10.7. The lowest BCUT2D eigenvalue weighted by molar-refractivity contribution is 0.631. The van der Waals surface area contributed by atoms with Gasteiger partial charge in [-0.1, -0.05) is 18.2 Å². The largest absolute Gasteiger partial charge is 0.368 e. The predicted octanol–water partition coefficient (Wildman–Crippen LogP) is 3.86. The lowest BCUT2D eigenvalue weighted by Gasteiger charge is -2.11. The zero-order chi connectivity index (χ0) is 14.1. The fourth-order valence-electron chi connectivity index (χ4n) is 1.93. The van der Waals surface area contributed by atoms with Crippen LogP contribution in [0.25, 0.3) is 10.9 Å². The summed E-state index contributed by atoms with van der Waals surface area (Å²) >= 11 is 3.31. The maximum atomic E-state index is 13.9. The van der Waals surface area contributed by atoms with Crippen molar-refractivity contribution in [1.29, 1.82) is 0 Å². The van der Waals surface area contributed by atoms with Gasteiger partial charge in [-0.05, 0) is 40.2 Å². The van der Waals surface area contributed by atoms with Gasteiger partial charge < -0.3 is 11.1 Å². The molecule has 0 fully saturated rings. The molecule has 3 aromatic rings. The summed E-state index contributed by atoms with van der Waals surface area (Å²) in [4.78, 5) is 8.29. The first-order valence-electron chi connectivity index (χ1n) is 5.88. The molecule has 3 rings (SSSR count). The van der Waals surface area contributed by atoms with E-state index in [-0.39, 0.29) is 11.8 Å². The molecule has 3 N–H and O–H groups in total. The Morgan fingerprint density at radius 3 is 2.65 bits per heavy atom. The van der Waals surface area contributed by atoms with E-state index in [4.69, 9.17) is 5.73 Å². The van der Waals surface area contributed by atoms with Gasteiger partial charge in [0.15, 0.2) is 0 Å². The molecule has 0 aliphatic heterocycles. The zero-order valence-corrected chi connectivity index (χ0v) is 11.9. The monoisotopic (exact) mass is 332 g/mol. The average Bonchev–Trinajstić information content (AvgIpc) is 2.42. The number of hydrogen-bond donors (Lipinski definition) is 2. The summed E-state index contributed by atoms with van der Waals surface area (Å²) in [5.41, 5.74) is 6.71. The van der Waals surface area contributed by atoms with Crippen LogP contribution >= 0.6 is 15.9 Å². The second kappa shape index (κ2) is 5.05. The zero-order valence-electron chi connectivity index (χ0n) is 10.3. The van der Waals surface area contributed by atoms with Crippen LogP contribution < -0.4 is 11.1 Å². The molecular formula is C14H10BrFN4. The Morgan fingerprint density at radius 2 is 1.85 bits per heavy atom. The smallest absolute Gasteiger partial charge is 0.222 e. The van der Waals surface area contributed by atoms with Crippen molar-refractivity contribution in [1.82, 2.24) is 9.97 Å². The lowest BCUT2D eigenvalue weighted by atomic mass is 10.2. The van der Waals surface area contributed by atoms with Crippen LogP contribution in [0.1, 0.15) is 0 Å². The van der Waals surface area contributed by atoms with Crippen molar-refractivity contribution in [3.05, 3.63) is 52.8 Å². The van der Waals surface area contributed by atoms with Gasteiger partial charge in [0, 0.05) is 9.86 Å². The third-order valence-electron chi connectivity index (χ3n) is 2.83. The number of nitrogen functional groups attached to an aromatic ring is 1. The number of aromatic nitrogens is 2. The van der Waals surface area contributed by atoms with Crippen LogP contribution in [-0.4, -0.2) is 9.97 Å². The molecule has 0 aliphatic carbocycles.